The van der Waals surface area contributed by atoms with E-state index in [2.05, 4.69) is 20.3 Å². The maximum absolute atomic E-state index is 14.6. The molecule has 0 aromatic carbocycles. The number of esters is 2. The lowest BCUT2D eigenvalue weighted by molar-refractivity contribution is -0.301. The standard InChI is InChI=1S/C53H72N6O13/c1-12-40-53(8)48(71-51(64)72-53)33(4)44(58-66-25-17-18-36-21-22-41(56-30-36)57-42(60)27-37-19-13-15-23-54-37)31(2)29-52(7,65-11)47(70-50-45(62)39(59(9)10)26-32(3)67-50)34(5)46(35(6)49(63)68-40)69-43(61)28-38-20-14-16-24-55-38/h13-24,30-35,39-40,45-48,50,62H,12,25-29H2,1-11H3,(H,56,57,60)/b18-17+,58-44+/t31-,32-,33+,34+,35-,39+,40-,45-,46+,47-,48-,50+,52-,53-/m1/s1. The number of aliphatic hydroxyl groups is 1. The average Bonchev–Trinajstić information content (AvgIpc) is 3.67. The molecule has 0 bridgehead atoms. The van der Waals surface area contributed by atoms with Gasteiger partial charge in [-0.25, -0.2) is 9.78 Å². The third-order valence-electron chi connectivity index (χ3n) is 14.1. The minimum Gasteiger partial charge on any atom is -0.461 e. The first-order valence-corrected chi connectivity index (χ1v) is 24.7. The Morgan fingerprint density at radius 1 is 0.944 bits per heavy atom. The molecule has 0 radical (unpaired) electrons. The SMILES string of the molecule is CC[C@H]1OC(=O)[C@H](C)[C@@H](OC(=O)Cc2ccccn2)[C@H](C)[C@@H](O[C@@H]2O[C@H](C)C[C@H](N(C)C)[C@H]2O)[C@](C)(OC)C[C@@H](C)/C(=N\OC/C=C/c2ccc(NC(=O)Cc3ccccn3)nc2)[C@H](C)[C@H]2OC(=O)O[C@@]21C. The third-order valence-corrected chi connectivity index (χ3v) is 14.1. The fraction of sp³-hybridized carbons (Fsp3) is 0.585. The van der Waals surface area contributed by atoms with Crippen LogP contribution in [0, 0.1) is 23.7 Å². The van der Waals surface area contributed by atoms with Gasteiger partial charge in [-0.3, -0.25) is 24.4 Å². The summed E-state index contributed by atoms with van der Waals surface area (Å²) in [5, 5.41) is 19.3. The first kappa shape index (κ1) is 55.5. The molecule has 0 saturated carbocycles. The van der Waals surface area contributed by atoms with Crippen LogP contribution in [-0.4, -0.2) is 143 Å². The van der Waals surface area contributed by atoms with E-state index in [1.165, 1.54) is 7.11 Å². The molecule has 72 heavy (non-hydrogen) atoms. The smallest absolute Gasteiger partial charge is 0.461 e. The fourth-order valence-electron chi connectivity index (χ4n) is 10.2. The lowest BCUT2D eigenvalue weighted by Gasteiger charge is -2.48. The van der Waals surface area contributed by atoms with Gasteiger partial charge < -0.3 is 53.3 Å². The van der Waals surface area contributed by atoms with E-state index in [1.54, 1.807) is 101 Å². The van der Waals surface area contributed by atoms with Gasteiger partial charge in [0.05, 0.1) is 48.0 Å². The Morgan fingerprint density at radius 3 is 2.25 bits per heavy atom. The molecule has 0 unspecified atom stereocenters. The van der Waals surface area contributed by atoms with Crippen molar-refractivity contribution >= 4 is 41.6 Å². The molecule has 3 aromatic rings. The number of hydrogen-bond acceptors (Lipinski definition) is 18. The maximum Gasteiger partial charge on any atom is 0.509 e. The minimum absolute atomic E-state index is 0.0226. The van der Waals surface area contributed by atoms with Crippen molar-refractivity contribution in [3.8, 4) is 0 Å². The third kappa shape index (κ3) is 13.6. The summed E-state index contributed by atoms with van der Waals surface area (Å²) in [4.78, 5) is 75.1. The molecule has 14 atom stereocenters. The van der Waals surface area contributed by atoms with E-state index in [0.717, 1.165) is 5.56 Å². The molecule has 1 amide bonds. The number of likely N-dealkylation sites (N-methyl/N-ethyl adjacent to an activating group) is 1. The van der Waals surface area contributed by atoms with Crippen molar-refractivity contribution in [3.63, 3.8) is 0 Å². The van der Waals surface area contributed by atoms with E-state index < -0.39 is 89.8 Å². The van der Waals surface area contributed by atoms with E-state index in [-0.39, 0.29) is 50.3 Å². The van der Waals surface area contributed by atoms with Gasteiger partial charge in [-0.2, -0.15) is 0 Å². The highest BCUT2D eigenvalue weighted by molar-refractivity contribution is 5.91. The van der Waals surface area contributed by atoms with E-state index >= 15 is 0 Å². The molecule has 3 aliphatic heterocycles. The summed E-state index contributed by atoms with van der Waals surface area (Å²) in [5.41, 5.74) is -0.459. The number of ether oxygens (including phenoxy) is 7. The molecule has 2 N–H and O–H groups in total. The monoisotopic (exact) mass is 1000 g/mol. The Hall–Kier alpha value is -5.86. The molecule has 3 aliphatic rings. The number of nitrogens with zero attached hydrogens (tertiary/aromatic N) is 5. The van der Waals surface area contributed by atoms with Crippen LogP contribution < -0.4 is 5.32 Å². The maximum atomic E-state index is 14.6. The average molecular weight is 1000 g/mol. The van der Waals surface area contributed by atoms with Gasteiger partial charge in [-0.15, -0.1) is 0 Å². The first-order chi connectivity index (χ1) is 34.3. The number of fused-ring (bicyclic) bond motifs is 1. The summed E-state index contributed by atoms with van der Waals surface area (Å²) >= 11 is 0. The summed E-state index contributed by atoms with van der Waals surface area (Å²) in [6.07, 6.45) is 1.51. The number of aromatic nitrogens is 3. The molecule has 3 saturated heterocycles. The van der Waals surface area contributed by atoms with Crippen LogP contribution in [0.3, 0.4) is 0 Å². The normalized spacial score (nSPS) is 33.0. The van der Waals surface area contributed by atoms with Gasteiger partial charge in [0.25, 0.3) is 0 Å². The van der Waals surface area contributed by atoms with E-state index in [4.69, 9.17) is 43.2 Å². The fourth-order valence-corrected chi connectivity index (χ4v) is 10.2. The minimum atomic E-state index is -1.50. The molecule has 19 nitrogen and oxygen atoms in total. The Bertz CT molecular complexity index is 2340. The summed E-state index contributed by atoms with van der Waals surface area (Å²) in [6.45, 7) is 14.5. The number of nitrogens with one attached hydrogen (secondary N) is 1. The lowest BCUT2D eigenvalue weighted by Crippen LogP contribution is -2.60. The van der Waals surface area contributed by atoms with Crippen LogP contribution in [0.15, 0.2) is 78.4 Å². The Balaban J connectivity index is 1.34. The highest BCUT2D eigenvalue weighted by atomic mass is 16.8. The highest BCUT2D eigenvalue weighted by Gasteiger charge is 2.59. The molecule has 392 valence electrons. The predicted molar refractivity (Wildman–Crippen MR) is 265 cm³/mol. The van der Waals surface area contributed by atoms with Crippen molar-refractivity contribution in [2.75, 3.05) is 33.1 Å². The van der Waals surface area contributed by atoms with Crippen LogP contribution in [0.5, 0.6) is 0 Å². The van der Waals surface area contributed by atoms with Crippen molar-refractivity contribution < 1.29 is 62.3 Å². The van der Waals surface area contributed by atoms with Gasteiger partial charge in [-0.1, -0.05) is 51.1 Å². The zero-order valence-corrected chi connectivity index (χ0v) is 43.3. The Labute approximate surface area is 422 Å². The zero-order valence-electron chi connectivity index (χ0n) is 43.3. The summed E-state index contributed by atoms with van der Waals surface area (Å²) in [6, 6.07) is 13.8. The van der Waals surface area contributed by atoms with Crippen LogP contribution >= 0.6 is 0 Å². The molecule has 6 heterocycles. The van der Waals surface area contributed by atoms with Crippen LogP contribution in [0.2, 0.25) is 0 Å². The number of pyridine rings is 3. The van der Waals surface area contributed by atoms with Crippen LogP contribution in [-0.2, 0) is 65.2 Å². The second-order valence-electron chi connectivity index (χ2n) is 19.8. The molecule has 0 aliphatic carbocycles. The molecule has 6 rings (SSSR count). The summed E-state index contributed by atoms with van der Waals surface area (Å²) in [5.74, 6) is -4.33. The largest absolute Gasteiger partial charge is 0.509 e. The van der Waals surface area contributed by atoms with Crippen molar-refractivity contribution in [3.05, 3.63) is 90.1 Å². The number of amides is 1. The zero-order chi connectivity index (χ0) is 52.3. The Kier molecular flexibility index (Phi) is 19.0. The van der Waals surface area contributed by atoms with Crippen LogP contribution in [0.25, 0.3) is 6.08 Å². The second-order valence-corrected chi connectivity index (χ2v) is 19.8. The topological polar surface area (TPSA) is 229 Å². The number of rotatable bonds is 15. The molecule has 19 heteroatoms. The van der Waals surface area contributed by atoms with Gasteiger partial charge in [0.1, 0.15) is 30.7 Å². The quantitative estimate of drug-likeness (QED) is 0.0729. The Morgan fingerprint density at radius 2 is 1.64 bits per heavy atom. The van der Waals surface area contributed by atoms with Crippen molar-refractivity contribution in [1.29, 1.82) is 0 Å². The molecule has 0 spiro atoms. The first-order valence-electron chi connectivity index (χ1n) is 24.7. The van der Waals surface area contributed by atoms with Gasteiger partial charge in [0, 0.05) is 55.2 Å². The molecule has 3 aromatic heterocycles. The van der Waals surface area contributed by atoms with E-state index in [9.17, 15) is 24.3 Å². The number of oxime groups is 1. The van der Waals surface area contributed by atoms with Gasteiger partial charge in [0.2, 0.25) is 5.91 Å². The molecule has 3 fully saturated rings. The number of hydrogen-bond donors (Lipinski definition) is 2. The van der Waals surface area contributed by atoms with Gasteiger partial charge >= 0.3 is 18.1 Å². The lowest BCUT2D eigenvalue weighted by atomic mass is 9.73. The van der Waals surface area contributed by atoms with E-state index in [1.807, 2.05) is 52.8 Å². The highest BCUT2D eigenvalue weighted by Crippen LogP contribution is 2.43. The number of aliphatic hydroxyl groups excluding tert-OH is 1. The van der Waals surface area contributed by atoms with Crippen LogP contribution in [0.1, 0.15) is 91.6 Å². The van der Waals surface area contributed by atoms with Crippen molar-refractivity contribution in [2.24, 2.45) is 28.8 Å². The molecular weight excluding hydrogens is 929 g/mol. The molecular formula is C53H72N6O13. The predicted octanol–water partition coefficient (Wildman–Crippen LogP) is 6.37. The van der Waals surface area contributed by atoms with Gasteiger partial charge in [-0.05, 0) is 109 Å². The number of anilines is 1. The second kappa shape index (κ2) is 24.7. The number of carbonyl (C=O) groups is 4. The number of carbonyl (C=O) groups excluding carboxylic acids is 4. The number of methoxy groups -OCH3 is 1. The summed E-state index contributed by atoms with van der Waals surface area (Å²) < 4.78 is 44.3. The van der Waals surface area contributed by atoms with E-state index in [0.29, 0.717) is 29.3 Å². The van der Waals surface area contributed by atoms with Crippen molar-refractivity contribution in [1.82, 2.24) is 19.9 Å². The number of cyclic esters (lactones) is 1. The van der Waals surface area contributed by atoms with Crippen molar-refractivity contribution in [2.45, 2.75) is 148 Å². The van der Waals surface area contributed by atoms with Crippen LogP contribution in [0.4, 0.5) is 10.6 Å². The van der Waals surface area contributed by atoms with Gasteiger partial charge in [0.15, 0.2) is 18.0 Å². The summed E-state index contributed by atoms with van der Waals surface area (Å²) in [7, 11) is 5.29.